The molecule has 0 saturated carbocycles. The predicted molar refractivity (Wildman–Crippen MR) is 70.2 cm³/mol. The molecule has 19 heavy (non-hydrogen) atoms. The average molecular weight is 265 g/mol. The number of carbonyl (C=O) groups is 2. The smallest absolute Gasteiger partial charge is 0.331 e. The first kappa shape index (κ1) is 15.2. The first-order valence-electron chi connectivity index (χ1n) is 6.28. The Bertz CT molecular complexity index is 405. The number of aliphatic hydroxyl groups is 1. The number of amides is 1. The zero-order chi connectivity index (χ0) is 14.1. The van der Waals surface area contributed by atoms with Crippen molar-refractivity contribution >= 4 is 11.9 Å². The van der Waals surface area contributed by atoms with Gasteiger partial charge in [-0.15, -0.1) is 0 Å². The summed E-state index contributed by atoms with van der Waals surface area (Å²) in [5.41, 5.74) is 0.854. The van der Waals surface area contributed by atoms with E-state index in [0.29, 0.717) is 12.8 Å². The lowest BCUT2D eigenvalue weighted by atomic mass is 10.2. The van der Waals surface area contributed by atoms with Gasteiger partial charge in [0.05, 0.1) is 6.61 Å². The highest BCUT2D eigenvalue weighted by Crippen LogP contribution is 2.02. The molecule has 5 nitrogen and oxygen atoms in total. The Hall–Kier alpha value is -1.88. The van der Waals surface area contributed by atoms with Crippen molar-refractivity contribution in [1.82, 2.24) is 5.32 Å². The van der Waals surface area contributed by atoms with Crippen LogP contribution in [0.4, 0.5) is 0 Å². The van der Waals surface area contributed by atoms with E-state index in [1.807, 2.05) is 37.3 Å². The molecule has 0 saturated heterocycles. The van der Waals surface area contributed by atoms with Crippen LogP contribution in [-0.2, 0) is 20.9 Å². The van der Waals surface area contributed by atoms with E-state index < -0.39 is 18.6 Å². The minimum Gasteiger partial charge on any atom is -0.459 e. The summed E-state index contributed by atoms with van der Waals surface area (Å²) in [5, 5.41) is 11.5. The molecule has 1 atom stereocenters. The van der Waals surface area contributed by atoms with Crippen LogP contribution in [0.5, 0.6) is 0 Å². The summed E-state index contributed by atoms with van der Waals surface area (Å²) in [6, 6.07) is 8.22. The summed E-state index contributed by atoms with van der Waals surface area (Å²) < 4.78 is 5.05. The molecule has 1 aromatic rings. The highest BCUT2D eigenvalue weighted by atomic mass is 16.5. The number of esters is 1. The van der Waals surface area contributed by atoms with E-state index in [4.69, 9.17) is 9.84 Å². The highest BCUT2D eigenvalue weighted by molar-refractivity contribution is 5.84. The third-order valence-corrected chi connectivity index (χ3v) is 2.50. The number of hydrogen-bond acceptors (Lipinski definition) is 4. The van der Waals surface area contributed by atoms with Gasteiger partial charge in [-0.3, -0.25) is 4.79 Å². The molecular formula is C14H19NO4. The van der Waals surface area contributed by atoms with Crippen LogP contribution < -0.4 is 5.32 Å². The highest BCUT2D eigenvalue weighted by Gasteiger charge is 2.20. The van der Waals surface area contributed by atoms with Crippen molar-refractivity contribution in [3.63, 3.8) is 0 Å². The van der Waals surface area contributed by atoms with Gasteiger partial charge in [-0.2, -0.15) is 0 Å². The minimum absolute atomic E-state index is 0.125. The molecule has 0 radical (unpaired) electrons. The molecule has 1 unspecified atom stereocenters. The van der Waals surface area contributed by atoms with Crippen LogP contribution in [0.1, 0.15) is 25.3 Å². The molecule has 1 rings (SSSR count). The van der Waals surface area contributed by atoms with E-state index in [-0.39, 0.29) is 12.5 Å². The van der Waals surface area contributed by atoms with Crippen molar-refractivity contribution in [2.75, 3.05) is 6.61 Å². The summed E-state index contributed by atoms with van der Waals surface area (Å²) in [5.74, 6) is -0.894. The Morgan fingerprint density at radius 1 is 1.32 bits per heavy atom. The van der Waals surface area contributed by atoms with Crippen LogP contribution in [0.2, 0.25) is 0 Å². The second kappa shape index (κ2) is 8.26. The average Bonchev–Trinajstić information content (AvgIpc) is 2.43. The first-order valence-corrected chi connectivity index (χ1v) is 6.28. The van der Waals surface area contributed by atoms with Crippen molar-refractivity contribution in [3.05, 3.63) is 35.9 Å². The molecule has 0 spiro atoms. The van der Waals surface area contributed by atoms with Crippen molar-refractivity contribution in [2.45, 2.75) is 32.4 Å². The summed E-state index contributed by atoms with van der Waals surface area (Å²) in [4.78, 5) is 23.1. The number of nitrogens with one attached hydrogen (secondary N) is 1. The van der Waals surface area contributed by atoms with E-state index in [9.17, 15) is 9.59 Å². The lowest BCUT2D eigenvalue weighted by molar-refractivity contribution is -0.150. The maximum atomic E-state index is 11.7. The maximum Gasteiger partial charge on any atom is 0.331 e. The number of aliphatic hydroxyl groups excluding tert-OH is 1. The second-order valence-electron chi connectivity index (χ2n) is 4.15. The van der Waals surface area contributed by atoms with Crippen LogP contribution in [0, 0.1) is 0 Å². The largest absolute Gasteiger partial charge is 0.459 e. The minimum atomic E-state index is -0.997. The topological polar surface area (TPSA) is 75.6 Å². The maximum absolute atomic E-state index is 11.7. The SMILES string of the molecule is CCCC(=O)NC(CO)C(=O)OCc1ccccc1. The molecule has 0 heterocycles. The molecule has 0 fully saturated rings. The second-order valence-corrected chi connectivity index (χ2v) is 4.15. The van der Waals surface area contributed by atoms with E-state index in [0.717, 1.165) is 5.56 Å². The summed E-state index contributed by atoms with van der Waals surface area (Å²) in [6.07, 6.45) is 1.01. The van der Waals surface area contributed by atoms with Crippen LogP contribution in [-0.4, -0.2) is 29.6 Å². The van der Waals surface area contributed by atoms with E-state index in [1.165, 1.54) is 0 Å². The Morgan fingerprint density at radius 2 is 2.00 bits per heavy atom. The molecule has 104 valence electrons. The standard InChI is InChI=1S/C14H19NO4/c1-2-6-13(17)15-12(9-16)14(18)19-10-11-7-4-3-5-8-11/h3-5,7-8,12,16H,2,6,9-10H2,1H3,(H,15,17). The van der Waals surface area contributed by atoms with Crippen LogP contribution >= 0.6 is 0 Å². The van der Waals surface area contributed by atoms with Crippen molar-refractivity contribution in [3.8, 4) is 0 Å². The number of hydrogen-bond donors (Lipinski definition) is 2. The third kappa shape index (κ3) is 5.52. The monoisotopic (exact) mass is 265 g/mol. The normalized spacial score (nSPS) is 11.7. The number of carbonyl (C=O) groups excluding carboxylic acids is 2. The molecule has 1 aromatic carbocycles. The van der Waals surface area contributed by atoms with Gasteiger partial charge in [-0.1, -0.05) is 37.3 Å². The van der Waals surface area contributed by atoms with Gasteiger partial charge in [0.1, 0.15) is 6.61 Å². The molecule has 0 aliphatic carbocycles. The molecule has 1 amide bonds. The molecule has 0 bridgehead atoms. The van der Waals surface area contributed by atoms with Gasteiger partial charge >= 0.3 is 5.97 Å². The molecule has 0 aliphatic heterocycles. The Kier molecular flexibility index (Phi) is 6.60. The lowest BCUT2D eigenvalue weighted by Gasteiger charge is -2.15. The molecule has 2 N–H and O–H groups in total. The van der Waals surface area contributed by atoms with Gasteiger partial charge in [-0.05, 0) is 12.0 Å². The predicted octanol–water partition coefficient (Wildman–Crippen LogP) is 1.01. The quantitative estimate of drug-likeness (QED) is 0.721. The van der Waals surface area contributed by atoms with Crippen LogP contribution in [0.3, 0.4) is 0 Å². The van der Waals surface area contributed by atoms with Gasteiger partial charge in [0.15, 0.2) is 6.04 Å². The van der Waals surface area contributed by atoms with Crippen molar-refractivity contribution < 1.29 is 19.4 Å². The summed E-state index contributed by atoms with van der Waals surface area (Å²) in [7, 11) is 0. The van der Waals surface area contributed by atoms with E-state index >= 15 is 0 Å². The molecule has 5 heteroatoms. The Balaban J connectivity index is 2.43. The van der Waals surface area contributed by atoms with Crippen molar-refractivity contribution in [2.24, 2.45) is 0 Å². The van der Waals surface area contributed by atoms with Crippen molar-refractivity contribution in [1.29, 1.82) is 0 Å². The molecular weight excluding hydrogens is 246 g/mol. The van der Waals surface area contributed by atoms with Gasteiger partial charge in [0, 0.05) is 6.42 Å². The summed E-state index contributed by atoms with van der Waals surface area (Å²) in [6.45, 7) is 1.52. The Morgan fingerprint density at radius 3 is 2.58 bits per heavy atom. The summed E-state index contributed by atoms with van der Waals surface area (Å²) >= 11 is 0. The number of rotatable bonds is 7. The van der Waals surface area contributed by atoms with E-state index in [2.05, 4.69) is 5.32 Å². The number of ether oxygens (including phenoxy) is 1. The Labute approximate surface area is 112 Å². The molecule has 0 aliphatic rings. The third-order valence-electron chi connectivity index (χ3n) is 2.50. The van der Waals surface area contributed by atoms with E-state index in [1.54, 1.807) is 0 Å². The lowest BCUT2D eigenvalue weighted by Crippen LogP contribution is -2.44. The number of benzene rings is 1. The fraction of sp³-hybridized carbons (Fsp3) is 0.429. The van der Waals surface area contributed by atoms with Crippen LogP contribution in [0.15, 0.2) is 30.3 Å². The first-order chi connectivity index (χ1) is 9.17. The fourth-order valence-electron chi connectivity index (χ4n) is 1.50. The van der Waals surface area contributed by atoms with Gasteiger partial charge < -0.3 is 15.2 Å². The van der Waals surface area contributed by atoms with Crippen LogP contribution in [0.25, 0.3) is 0 Å². The zero-order valence-corrected chi connectivity index (χ0v) is 11.0. The van der Waals surface area contributed by atoms with Gasteiger partial charge in [-0.25, -0.2) is 4.79 Å². The molecule has 0 aromatic heterocycles. The van der Waals surface area contributed by atoms with Gasteiger partial charge in [0.25, 0.3) is 0 Å². The zero-order valence-electron chi connectivity index (χ0n) is 11.0. The van der Waals surface area contributed by atoms with Gasteiger partial charge in [0.2, 0.25) is 5.91 Å². The fourth-order valence-corrected chi connectivity index (χ4v) is 1.50.